The molecule has 1 aromatic heterocycles. The Labute approximate surface area is 194 Å². The zero-order chi connectivity index (χ0) is 22.2. The fourth-order valence-electron chi connectivity index (χ4n) is 4.34. The highest BCUT2D eigenvalue weighted by Gasteiger charge is 2.26. The molecule has 170 valence electrons. The molecule has 4 rings (SSSR count). The van der Waals surface area contributed by atoms with E-state index in [0.29, 0.717) is 6.54 Å². The van der Waals surface area contributed by atoms with Crippen molar-refractivity contribution in [3.05, 3.63) is 48.0 Å². The molecule has 1 aliphatic carbocycles. The van der Waals surface area contributed by atoms with E-state index < -0.39 is 0 Å². The molecule has 0 radical (unpaired) electrons. The predicted molar refractivity (Wildman–Crippen MR) is 128 cm³/mol. The Morgan fingerprint density at radius 1 is 1.22 bits per heavy atom. The van der Waals surface area contributed by atoms with Crippen LogP contribution in [0.4, 0.5) is 5.82 Å². The highest BCUT2D eigenvalue weighted by Crippen LogP contribution is 2.29. The third kappa shape index (κ3) is 6.25. The Balaban J connectivity index is 1.28. The number of carbonyl (C=O) groups is 1. The minimum absolute atomic E-state index is 0.0109. The van der Waals surface area contributed by atoms with Gasteiger partial charge in [0.05, 0.1) is 13.0 Å². The molecular formula is C25H32N4O2S. The van der Waals surface area contributed by atoms with E-state index in [-0.39, 0.29) is 11.8 Å². The first kappa shape index (κ1) is 22.6. The van der Waals surface area contributed by atoms with Crippen molar-refractivity contribution in [3.8, 4) is 5.75 Å². The molecule has 0 saturated carbocycles. The van der Waals surface area contributed by atoms with Crippen molar-refractivity contribution in [2.75, 3.05) is 31.6 Å². The lowest BCUT2D eigenvalue weighted by atomic mass is 9.96. The normalized spacial score (nSPS) is 18.7. The summed E-state index contributed by atoms with van der Waals surface area (Å²) in [6.45, 7) is 2.36. The van der Waals surface area contributed by atoms with Crippen LogP contribution in [0, 0.1) is 5.92 Å². The van der Waals surface area contributed by atoms with E-state index in [1.54, 1.807) is 18.9 Å². The van der Waals surface area contributed by atoms with Gasteiger partial charge in [0.25, 0.3) is 0 Å². The molecule has 32 heavy (non-hydrogen) atoms. The van der Waals surface area contributed by atoms with E-state index in [1.165, 1.54) is 31.3 Å². The van der Waals surface area contributed by atoms with Crippen LogP contribution in [0.2, 0.25) is 0 Å². The number of carbonyl (C=O) groups excluding carboxylic acids is 1. The minimum atomic E-state index is 0.0109. The Morgan fingerprint density at radius 3 is 2.94 bits per heavy atom. The molecule has 1 aromatic carbocycles. The smallest absolute Gasteiger partial charge is 0.224 e. The highest BCUT2D eigenvalue weighted by atomic mass is 32.2. The summed E-state index contributed by atoms with van der Waals surface area (Å²) in [5.74, 6) is 1.85. The van der Waals surface area contributed by atoms with Crippen LogP contribution in [-0.2, 0) is 4.79 Å². The zero-order valence-corrected chi connectivity index (χ0v) is 19.6. The number of allylic oxidation sites excluding steroid dienone is 1. The van der Waals surface area contributed by atoms with E-state index >= 15 is 0 Å². The third-order valence-electron chi connectivity index (χ3n) is 6.14. The lowest BCUT2D eigenvalue weighted by Crippen LogP contribution is -2.43. The van der Waals surface area contributed by atoms with Gasteiger partial charge in [-0.3, -0.25) is 4.79 Å². The summed E-state index contributed by atoms with van der Waals surface area (Å²) in [4.78, 5) is 16.0. The lowest BCUT2D eigenvalue weighted by molar-refractivity contribution is -0.125. The number of rotatable bonds is 8. The van der Waals surface area contributed by atoms with Crippen molar-refractivity contribution in [1.29, 1.82) is 0 Å². The topological polar surface area (TPSA) is 67.3 Å². The molecule has 2 heterocycles. The number of amides is 1. The standard InChI is InChI=1S/C25H32N4O2S/c1-31-21-10-5-11-22(17-21)32-24-13-12-23(27-28-24)29-16-6-9-20(18-29)25(30)26-15-14-19-7-3-2-4-8-19/h5,7,10-13,17,20H,2-4,6,8-9,14-16,18H2,1H3,(H,26,30). The summed E-state index contributed by atoms with van der Waals surface area (Å²) in [7, 11) is 1.67. The summed E-state index contributed by atoms with van der Waals surface area (Å²) in [6.07, 6.45) is 10.2. The summed E-state index contributed by atoms with van der Waals surface area (Å²) in [5.41, 5.74) is 1.50. The fraction of sp³-hybridized carbons (Fsp3) is 0.480. The van der Waals surface area contributed by atoms with Gasteiger partial charge in [-0.15, -0.1) is 10.2 Å². The Kier molecular flexibility index (Phi) is 8.04. The number of nitrogens with one attached hydrogen (secondary N) is 1. The van der Waals surface area contributed by atoms with Crippen molar-refractivity contribution in [2.24, 2.45) is 5.92 Å². The number of piperidine rings is 1. The first-order valence-electron chi connectivity index (χ1n) is 11.6. The van der Waals surface area contributed by atoms with Gasteiger partial charge in [-0.05, 0) is 75.3 Å². The number of benzene rings is 1. The number of anilines is 1. The summed E-state index contributed by atoms with van der Waals surface area (Å²) in [5, 5.41) is 12.8. The Morgan fingerprint density at radius 2 is 2.16 bits per heavy atom. The summed E-state index contributed by atoms with van der Waals surface area (Å²) >= 11 is 1.56. The largest absolute Gasteiger partial charge is 0.497 e. The van der Waals surface area contributed by atoms with Gasteiger partial charge in [0, 0.05) is 24.5 Å². The van der Waals surface area contributed by atoms with Gasteiger partial charge < -0.3 is 15.0 Å². The predicted octanol–water partition coefficient (Wildman–Crippen LogP) is 4.86. The summed E-state index contributed by atoms with van der Waals surface area (Å²) < 4.78 is 5.28. The third-order valence-corrected chi connectivity index (χ3v) is 7.05. The van der Waals surface area contributed by atoms with Crippen molar-refractivity contribution in [1.82, 2.24) is 15.5 Å². The first-order valence-corrected chi connectivity index (χ1v) is 12.4. The van der Waals surface area contributed by atoms with E-state index in [9.17, 15) is 4.79 Å². The van der Waals surface area contributed by atoms with Gasteiger partial charge in [-0.25, -0.2) is 0 Å². The average Bonchev–Trinajstić information content (AvgIpc) is 2.85. The molecule has 1 fully saturated rings. The van der Waals surface area contributed by atoms with Crippen LogP contribution in [0.25, 0.3) is 0 Å². The van der Waals surface area contributed by atoms with E-state index in [2.05, 4.69) is 26.5 Å². The second kappa shape index (κ2) is 11.4. The number of methoxy groups -OCH3 is 1. The fourth-order valence-corrected chi connectivity index (χ4v) is 5.12. The van der Waals surface area contributed by atoms with Crippen LogP contribution in [-0.4, -0.2) is 42.8 Å². The van der Waals surface area contributed by atoms with Crippen LogP contribution < -0.4 is 15.0 Å². The number of nitrogens with zero attached hydrogens (tertiary/aromatic N) is 3. The maximum atomic E-state index is 12.7. The van der Waals surface area contributed by atoms with Gasteiger partial charge >= 0.3 is 0 Å². The van der Waals surface area contributed by atoms with Crippen LogP contribution in [0.5, 0.6) is 5.75 Å². The van der Waals surface area contributed by atoms with E-state index in [0.717, 1.165) is 53.8 Å². The molecule has 1 unspecified atom stereocenters. The molecule has 1 saturated heterocycles. The van der Waals surface area contributed by atoms with E-state index in [4.69, 9.17) is 4.74 Å². The second-order valence-electron chi connectivity index (χ2n) is 8.45. The van der Waals surface area contributed by atoms with Crippen LogP contribution in [0.15, 0.2) is 58.0 Å². The monoisotopic (exact) mass is 452 g/mol. The number of ether oxygens (including phenoxy) is 1. The van der Waals surface area contributed by atoms with Crippen molar-refractivity contribution in [2.45, 2.75) is 54.9 Å². The van der Waals surface area contributed by atoms with Crippen LogP contribution in [0.3, 0.4) is 0 Å². The van der Waals surface area contributed by atoms with Crippen molar-refractivity contribution < 1.29 is 9.53 Å². The number of hydrogen-bond donors (Lipinski definition) is 1. The van der Waals surface area contributed by atoms with Crippen molar-refractivity contribution in [3.63, 3.8) is 0 Å². The molecule has 1 amide bonds. The van der Waals surface area contributed by atoms with Crippen LogP contribution >= 0.6 is 11.8 Å². The van der Waals surface area contributed by atoms with Gasteiger partial charge in [0.1, 0.15) is 10.8 Å². The van der Waals surface area contributed by atoms with Gasteiger partial charge in [-0.1, -0.05) is 29.5 Å². The van der Waals surface area contributed by atoms with E-state index in [1.807, 2.05) is 36.4 Å². The zero-order valence-electron chi connectivity index (χ0n) is 18.8. The number of hydrogen-bond acceptors (Lipinski definition) is 6. The van der Waals surface area contributed by atoms with Gasteiger partial charge in [0.2, 0.25) is 5.91 Å². The quantitative estimate of drug-likeness (QED) is 0.577. The molecule has 7 heteroatoms. The molecule has 0 bridgehead atoms. The lowest BCUT2D eigenvalue weighted by Gasteiger charge is -2.32. The molecule has 0 spiro atoms. The molecule has 2 aromatic rings. The van der Waals surface area contributed by atoms with Gasteiger partial charge in [0.15, 0.2) is 5.82 Å². The van der Waals surface area contributed by atoms with Crippen molar-refractivity contribution >= 4 is 23.5 Å². The number of aromatic nitrogens is 2. The average molecular weight is 453 g/mol. The Bertz CT molecular complexity index is 932. The maximum Gasteiger partial charge on any atom is 0.224 e. The molecule has 6 nitrogen and oxygen atoms in total. The van der Waals surface area contributed by atoms with Crippen LogP contribution in [0.1, 0.15) is 44.9 Å². The maximum absolute atomic E-state index is 12.7. The molecule has 1 N–H and O–H groups in total. The Hall–Kier alpha value is -2.54. The molecule has 1 atom stereocenters. The molecule has 2 aliphatic rings. The molecular weight excluding hydrogens is 420 g/mol. The minimum Gasteiger partial charge on any atom is -0.497 e. The first-order chi connectivity index (χ1) is 15.7. The molecule has 1 aliphatic heterocycles. The second-order valence-corrected chi connectivity index (χ2v) is 9.54. The highest BCUT2D eigenvalue weighted by molar-refractivity contribution is 7.99. The summed E-state index contributed by atoms with van der Waals surface area (Å²) in [6, 6.07) is 11.9. The SMILES string of the molecule is COc1cccc(Sc2ccc(N3CCCC(C(=O)NCCC4=CCCCC4)C3)nn2)c1. The van der Waals surface area contributed by atoms with Gasteiger partial charge in [-0.2, -0.15) is 0 Å².